The minimum absolute atomic E-state index is 0.177. The molecule has 0 bridgehead atoms. The van der Waals surface area contributed by atoms with E-state index in [2.05, 4.69) is 4.74 Å². The van der Waals surface area contributed by atoms with Crippen molar-refractivity contribution >= 4 is 23.4 Å². The van der Waals surface area contributed by atoms with Gasteiger partial charge in [-0.2, -0.15) is 0 Å². The van der Waals surface area contributed by atoms with Gasteiger partial charge in [0, 0.05) is 5.02 Å². The molecule has 1 aliphatic carbocycles. The van der Waals surface area contributed by atoms with Crippen LogP contribution in [0.15, 0.2) is 18.2 Å². The number of carbonyl (C=O) groups is 2. The van der Waals surface area contributed by atoms with Gasteiger partial charge in [0.25, 0.3) is 0 Å². The quantitative estimate of drug-likeness (QED) is 0.468. The monoisotopic (exact) mass is 268 g/mol. The highest BCUT2D eigenvalue weighted by atomic mass is 35.5. The zero-order valence-electron chi connectivity index (χ0n) is 9.94. The van der Waals surface area contributed by atoms with Crippen LogP contribution in [0.3, 0.4) is 0 Å². The van der Waals surface area contributed by atoms with Gasteiger partial charge < -0.3 is 9.47 Å². The molecule has 0 saturated heterocycles. The maximum atomic E-state index is 11.9. The van der Waals surface area contributed by atoms with E-state index in [0.717, 1.165) is 12.8 Å². The van der Waals surface area contributed by atoms with Crippen molar-refractivity contribution in [3.63, 3.8) is 0 Å². The van der Waals surface area contributed by atoms with Crippen LogP contribution in [0.1, 0.15) is 29.6 Å². The van der Waals surface area contributed by atoms with Crippen LogP contribution in [0.4, 0.5) is 0 Å². The molecule has 0 unspecified atom stereocenters. The van der Waals surface area contributed by atoms with Gasteiger partial charge in [-0.25, -0.2) is 0 Å². The smallest absolute Gasteiger partial charge is 0.313 e. The maximum Gasteiger partial charge on any atom is 0.313 e. The average Bonchev–Trinajstić information content (AvgIpc) is 3.15. The second-order valence-corrected chi connectivity index (χ2v) is 4.57. The van der Waals surface area contributed by atoms with Crippen molar-refractivity contribution < 1.29 is 19.1 Å². The Hall–Kier alpha value is -1.55. The second-order valence-electron chi connectivity index (χ2n) is 4.13. The highest BCUT2D eigenvalue weighted by Gasteiger charge is 2.26. The highest BCUT2D eigenvalue weighted by Crippen LogP contribution is 2.31. The molecule has 4 nitrogen and oxygen atoms in total. The van der Waals surface area contributed by atoms with E-state index in [0.29, 0.717) is 16.3 Å². The Balaban J connectivity index is 2.19. The molecule has 18 heavy (non-hydrogen) atoms. The number of benzene rings is 1. The number of carbonyl (C=O) groups excluding carboxylic acids is 2. The predicted molar refractivity (Wildman–Crippen MR) is 66.1 cm³/mol. The number of Topliss-reactive ketones (excluding diaryl/α,β-unsaturated/α-hetero) is 1. The van der Waals surface area contributed by atoms with E-state index < -0.39 is 5.97 Å². The van der Waals surface area contributed by atoms with E-state index in [1.54, 1.807) is 12.1 Å². The molecular formula is C13H13ClO4. The lowest BCUT2D eigenvalue weighted by Crippen LogP contribution is -2.11. The van der Waals surface area contributed by atoms with Gasteiger partial charge in [-0.1, -0.05) is 11.6 Å². The lowest BCUT2D eigenvalue weighted by atomic mass is 10.1. The van der Waals surface area contributed by atoms with Crippen LogP contribution < -0.4 is 4.74 Å². The molecule has 0 amide bonds. The first-order valence-electron chi connectivity index (χ1n) is 5.66. The van der Waals surface area contributed by atoms with Crippen molar-refractivity contribution in [1.29, 1.82) is 0 Å². The van der Waals surface area contributed by atoms with Gasteiger partial charge in [-0.05, 0) is 31.0 Å². The number of hydrogen-bond donors (Lipinski definition) is 0. The Kier molecular flexibility index (Phi) is 3.87. The number of ketones is 1. The fraction of sp³-hybridized carbons (Fsp3) is 0.385. The molecule has 0 atom stereocenters. The fourth-order valence-electron chi connectivity index (χ4n) is 1.49. The molecule has 0 aromatic heterocycles. The molecule has 5 heteroatoms. The van der Waals surface area contributed by atoms with E-state index in [1.165, 1.54) is 13.2 Å². The van der Waals surface area contributed by atoms with Gasteiger partial charge in [-0.15, -0.1) is 0 Å². The van der Waals surface area contributed by atoms with Crippen LogP contribution >= 0.6 is 11.6 Å². The predicted octanol–water partition coefficient (Wildman–Crippen LogP) is 2.63. The Bertz CT molecular complexity index is 480. The zero-order chi connectivity index (χ0) is 13.1. The third-order valence-corrected chi connectivity index (χ3v) is 2.83. The van der Waals surface area contributed by atoms with Gasteiger partial charge in [0.05, 0.1) is 18.8 Å². The standard InChI is InChI=1S/C13H13ClO4/c1-17-13(16)7-11(15)10-6-8(14)2-5-12(10)18-9-3-4-9/h2,5-6,9H,3-4,7H2,1H3. The number of esters is 1. The van der Waals surface area contributed by atoms with Crippen molar-refractivity contribution in [3.05, 3.63) is 28.8 Å². The Morgan fingerprint density at radius 1 is 1.39 bits per heavy atom. The van der Waals surface area contributed by atoms with E-state index in [1.807, 2.05) is 0 Å². The number of methoxy groups -OCH3 is 1. The van der Waals surface area contributed by atoms with E-state index in [9.17, 15) is 9.59 Å². The summed E-state index contributed by atoms with van der Waals surface area (Å²) in [6, 6.07) is 4.84. The molecule has 0 heterocycles. The molecule has 1 saturated carbocycles. The van der Waals surface area contributed by atoms with Gasteiger partial charge in [0.2, 0.25) is 0 Å². The summed E-state index contributed by atoms with van der Waals surface area (Å²) in [4.78, 5) is 23.1. The van der Waals surface area contributed by atoms with Crippen LogP contribution in [0.25, 0.3) is 0 Å². The summed E-state index contributed by atoms with van der Waals surface area (Å²) in [6.07, 6.45) is 1.86. The van der Waals surface area contributed by atoms with E-state index in [-0.39, 0.29) is 18.3 Å². The van der Waals surface area contributed by atoms with Crippen molar-refractivity contribution in [2.24, 2.45) is 0 Å². The summed E-state index contributed by atoms with van der Waals surface area (Å²) in [5, 5.41) is 0.436. The first kappa shape index (κ1) is 12.9. The van der Waals surface area contributed by atoms with Crippen molar-refractivity contribution in [3.8, 4) is 5.75 Å². The molecule has 1 aromatic carbocycles. The normalized spacial score (nSPS) is 14.1. The summed E-state index contributed by atoms with van der Waals surface area (Å²) < 4.78 is 10.1. The van der Waals surface area contributed by atoms with Crippen LogP contribution in [0, 0.1) is 0 Å². The molecule has 0 aliphatic heterocycles. The molecule has 0 spiro atoms. The Morgan fingerprint density at radius 2 is 2.11 bits per heavy atom. The van der Waals surface area contributed by atoms with Gasteiger partial charge in [0.1, 0.15) is 12.2 Å². The molecule has 2 rings (SSSR count). The van der Waals surface area contributed by atoms with Crippen molar-refractivity contribution in [2.45, 2.75) is 25.4 Å². The lowest BCUT2D eigenvalue weighted by molar-refractivity contribution is -0.139. The summed E-state index contributed by atoms with van der Waals surface area (Å²) in [6.45, 7) is 0. The molecule has 0 N–H and O–H groups in total. The molecule has 0 radical (unpaired) electrons. The summed E-state index contributed by atoms with van der Waals surface area (Å²) in [7, 11) is 1.25. The third kappa shape index (κ3) is 3.23. The Labute approximate surface area is 110 Å². The van der Waals surface area contributed by atoms with E-state index >= 15 is 0 Å². The molecular weight excluding hydrogens is 256 g/mol. The minimum atomic E-state index is -0.572. The second kappa shape index (κ2) is 5.40. The first-order valence-corrected chi connectivity index (χ1v) is 6.04. The molecule has 1 aliphatic rings. The molecule has 1 aromatic rings. The topological polar surface area (TPSA) is 52.6 Å². The lowest BCUT2D eigenvalue weighted by Gasteiger charge is -2.10. The van der Waals surface area contributed by atoms with Gasteiger partial charge in [0.15, 0.2) is 5.78 Å². The number of ether oxygens (including phenoxy) is 2. The summed E-state index contributed by atoms with van der Waals surface area (Å²) >= 11 is 5.86. The number of hydrogen-bond acceptors (Lipinski definition) is 4. The average molecular weight is 269 g/mol. The SMILES string of the molecule is COC(=O)CC(=O)c1cc(Cl)ccc1OC1CC1. The molecule has 1 fully saturated rings. The first-order chi connectivity index (χ1) is 8.60. The summed E-state index contributed by atoms with van der Waals surface area (Å²) in [5.41, 5.74) is 0.333. The van der Waals surface area contributed by atoms with Crippen molar-refractivity contribution in [1.82, 2.24) is 0 Å². The number of rotatable bonds is 5. The number of halogens is 1. The van der Waals surface area contributed by atoms with Gasteiger partial charge in [-0.3, -0.25) is 9.59 Å². The highest BCUT2D eigenvalue weighted by molar-refractivity contribution is 6.31. The fourth-order valence-corrected chi connectivity index (χ4v) is 1.66. The Morgan fingerprint density at radius 3 is 2.72 bits per heavy atom. The van der Waals surface area contributed by atoms with Crippen molar-refractivity contribution in [2.75, 3.05) is 7.11 Å². The van der Waals surface area contributed by atoms with Crippen LogP contribution in [0.2, 0.25) is 5.02 Å². The summed E-state index contributed by atoms with van der Waals surface area (Å²) in [5.74, 6) is -0.437. The minimum Gasteiger partial charge on any atom is -0.490 e. The zero-order valence-corrected chi connectivity index (χ0v) is 10.7. The van der Waals surface area contributed by atoms with Crippen LogP contribution in [-0.2, 0) is 9.53 Å². The van der Waals surface area contributed by atoms with Gasteiger partial charge >= 0.3 is 5.97 Å². The molecule has 96 valence electrons. The third-order valence-electron chi connectivity index (χ3n) is 2.59. The largest absolute Gasteiger partial charge is 0.490 e. The maximum absolute atomic E-state index is 11.9. The van der Waals surface area contributed by atoms with E-state index in [4.69, 9.17) is 16.3 Å². The van der Waals surface area contributed by atoms with Crippen LogP contribution in [-0.4, -0.2) is 25.0 Å². The van der Waals surface area contributed by atoms with Crippen LogP contribution in [0.5, 0.6) is 5.75 Å².